The number of halogens is 2. The van der Waals surface area contributed by atoms with E-state index < -0.39 is 31.0 Å². The standard InChI is InChI=1S/C19H14F2N2O5S2/c1-10-15(30-17(22-10)12-6-7-29-9-12)18(26)27-8-14(24)23-16(25)11-2-4-13(5-3-11)28-19(20)21/h2-7,9,19H,8H2,1H3,(H,23,24,25). The molecule has 1 N–H and O–H groups in total. The molecule has 0 aliphatic carbocycles. The number of imide groups is 1. The molecule has 11 heteroatoms. The summed E-state index contributed by atoms with van der Waals surface area (Å²) in [5, 5.41) is 6.51. The summed E-state index contributed by atoms with van der Waals surface area (Å²) < 4.78 is 33.4. The van der Waals surface area contributed by atoms with Crippen LogP contribution in [-0.4, -0.2) is 36.0 Å². The lowest BCUT2D eigenvalue weighted by molar-refractivity contribution is -0.123. The summed E-state index contributed by atoms with van der Waals surface area (Å²) >= 11 is 2.65. The number of amides is 2. The molecule has 156 valence electrons. The number of hydrogen-bond acceptors (Lipinski definition) is 8. The molecular weight excluding hydrogens is 438 g/mol. The van der Waals surface area contributed by atoms with Crippen molar-refractivity contribution in [2.24, 2.45) is 0 Å². The maximum absolute atomic E-state index is 12.2. The minimum Gasteiger partial charge on any atom is -0.451 e. The largest absolute Gasteiger partial charge is 0.451 e. The van der Waals surface area contributed by atoms with Crippen molar-refractivity contribution < 1.29 is 32.6 Å². The molecule has 0 fully saturated rings. The fourth-order valence-electron chi connectivity index (χ4n) is 2.31. The second kappa shape index (κ2) is 9.55. The van der Waals surface area contributed by atoms with Gasteiger partial charge in [0.2, 0.25) is 0 Å². The molecule has 2 amide bonds. The highest BCUT2D eigenvalue weighted by Crippen LogP contribution is 2.29. The van der Waals surface area contributed by atoms with Crippen molar-refractivity contribution in [3.8, 4) is 16.3 Å². The molecule has 0 unspecified atom stereocenters. The van der Waals surface area contributed by atoms with Crippen LogP contribution in [0.4, 0.5) is 8.78 Å². The van der Waals surface area contributed by atoms with Gasteiger partial charge in [0.05, 0.1) is 5.69 Å². The zero-order chi connectivity index (χ0) is 21.7. The summed E-state index contributed by atoms with van der Waals surface area (Å²) in [4.78, 5) is 40.8. The molecule has 0 spiro atoms. The Morgan fingerprint density at radius 2 is 1.90 bits per heavy atom. The van der Waals surface area contributed by atoms with E-state index in [1.807, 2.05) is 16.8 Å². The van der Waals surface area contributed by atoms with E-state index in [2.05, 4.69) is 15.0 Å². The maximum Gasteiger partial charge on any atom is 0.387 e. The molecule has 0 saturated heterocycles. The Morgan fingerprint density at radius 3 is 2.53 bits per heavy atom. The predicted molar refractivity (Wildman–Crippen MR) is 106 cm³/mol. The van der Waals surface area contributed by atoms with Crippen LogP contribution in [0.5, 0.6) is 5.75 Å². The van der Waals surface area contributed by atoms with Crippen LogP contribution in [-0.2, 0) is 9.53 Å². The Labute approximate surface area is 177 Å². The monoisotopic (exact) mass is 452 g/mol. The lowest BCUT2D eigenvalue weighted by Gasteiger charge is -2.07. The SMILES string of the molecule is Cc1nc(-c2ccsc2)sc1C(=O)OCC(=O)NC(=O)c1ccc(OC(F)F)cc1. The number of hydrogen-bond donors (Lipinski definition) is 1. The van der Waals surface area contributed by atoms with E-state index >= 15 is 0 Å². The van der Waals surface area contributed by atoms with Gasteiger partial charge in [0.1, 0.15) is 15.6 Å². The average molecular weight is 452 g/mol. The molecule has 0 bridgehead atoms. The predicted octanol–water partition coefficient (Wildman–Crippen LogP) is 3.89. The number of aromatic nitrogens is 1. The quantitative estimate of drug-likeness (QED) is 0.547. The highest BCUT2D eigenvalue weighted by Gasteiger charge is 2.20. The van der Waals surface area contributed by atoms with Crippen molar-refractivity contribution in [3.05, 3.63) is 57.2 Å². The van der Waals surface area contributed by atoms with Crippen molar-refractivity contribution in [3.63, 3.8) is 0 Å². The number of aryl methyl sites for hydroxylation is 1. The maximum atomic E-state index is 12.2. The van der Waals surface area contributed by atoms with Crippen LogP contribution in [0.1, 0.15) is 25.7 Å². The number of esters is 1. The van der Waals surface area contributed by atoms with E-state index in [1.54, 1.807) is 6.92 Å². The molecule has 7 nitrogen and oxygen atoms in total. The second-order valence-corrected chi connectivity index (χ2v) is 7.58. The first-order valence-corrected chi connectivity index (χ1v) is 10.2. The highest BCUT2D eigenvalue weighted by molar-refractivity contribution is 7.17. The number of nitrogens with one attached hydrogen (secondary N) is 1. The Balaban J connectivity index is 1.53. The Hall–Kier alpha value is -3.18. The molecule has 0 saturated carbocycles. The van der Waals surface area contributed by atoms with Crippen molar-refractivity contribution in [2.75, 3.05) is 6.61 Å². The molecule has 0 aliphatic rings. The minimum atomic E-state index is -2.98. The van der Waals surface area contributed by atoms with Crippen molar-refractivity contribution in [2.45, 2.75) is 13.5 Å². The molecule has 2 aromatic heterocycles. The Bertz CT molecular complexity index is 1050. The molecular formula is C19H14F2N2O5S2. The number of alkyl halides is 2. The number of thiophene rings is 1. The van der Waals surface area contributed by atoms with Gasteiger partial charge in [-0.2, -0.15) is 20.1 Å². The van der Waals surface area contributed by atoms with Crippen molar-refractivity contribution in [1.82, 2.24) is 10.3 Å². The summed E-state index contributed by atoms with van der Waals surface area (Å²) in [6, 6.07) is 6.66. The van der Waals surface area contributed by atoms with E-state index in [-0.39, 0.29) is 16.2 Å². The molecule has 2 heterocycles. The summed E-state index contributed by atoms with van der Waals surface area (Å²) in [6.45, 7) is -1.99. The normalized spacial score (nSPS) is 10.7. The minimum absolute atomic E-state index is 0.0509. The number of ether oxygens (including phenoxy) is 2. The van der Waals surface area contributed by atoms with Gasteiger partial charge >= 0.3 is 12.6 Å². The zero-order valence-electron chi connectivity index (χ0n) is 15.4. The van der Waals surface area contributed by atoms with E-state index in [0.717, 1.165) is 16.9 Å². The highest BCUT2D eigenvalue weighted by atomic mass is 32.1. The lowest BCUT2D eigenvalue weighted by Crippen LogP contribution is -2.34. The van der Waals surface area contributed by atoms with E-state index in [0.29, 0.717) is 10.7 Å². The topological polar surface area (TPSA) is 94.6 Å². The smallest absolute Gasteiger partial charge is 0.387 e. The third kappa shape index (κ3) is 5.45. The summed E-state index contributed by atoms with van der Waals surface area (Å²) in [6.07, 6.45) is 0. The number of nitrogens with zero attached hydrogens (tertiary/aromatic N) is 1. The van der Waals surface area contributed by atoms with Gasteiger partial charge in [-0.3, -0.25) is 14.9 Å². The van der Waals surface area contributed by atoms with Gasteiger partial charge in [0, 0.05) is 16.5 Å². The number of rotatable bonds is 7. The van der Waals surface area contributed by atoms with E-state index in [1.165, 1.54) is 35.6 Å². The van der Waals surface area contributed by atoms with Crippen LogP contribution >= 0.6 is 22.7 Å². The fraction of sp³-hybridized carbons (Fsp3) is 0.158. The van der Waals surface area contributed by atoms with Crippen LogP contribution in [0.15, 0.2) is 41.1 Å². The Morgan fingerprint density at radius 1 is 1.17 bits per heavy atom. The van der Waals surface area contributed by atoms with Crippen molar-refractivity contribution in [1.29, 1.82) is 0 Å². The lowest BCUT2D eigenvalue weighted by atomic mass is 10.2. The van der Waals surface area contributed by atoms with Crippen molar-refractivity contribution >= 4 is 40.5 Å². The summed E-state index contributed by atoms with van der Waals surface area (Å²) in [5.41, 5.74) is 1.42. The number of benzene rings is 1. The number of thiazole rings is 1. The van der Waals surface area contributed by atoms with E-state index in [4.69, 9.17) is 4.74 Å². The van der Waals surface area contributed by atoms with Crippen LogP contribution in [0, 0.1) is 6.92 Å². The second-order valence-electron chi connectivity index (χ2n) is 5.80. The third-order valence-electron chi connectivity index (χ3n) is 3.68. The first-order valence-electron chi connectivity index (χ1n) is 8.39. The number of carbonyl (C=O) groups excluding carboxylic acids is 3. The first kappa shape index (κ1) is 21.5. The third-order valence-corrected chi connectivity index (χ3v) is 5.55. The zero-order valence-corrected chi connectivity index (χ0v) is 17.0. The van der Waals surface area contributed by atoms with Gasteiger partial charge in [-0.1, -0.05) is 0 Å². The van der Waals surface area contributed by atoms with Crippen LogP contribution in [0.2, 0.25) is 0 Å². The summed E-state index contributed by atoms with van der Waals surface area (Å²) in [7, 11) is 0. The molecule has 3 aromatic rings. The summed E-state index contributed by atoms with van der Waals surface area (Å²) in [5.74, 6) is -2.44. The van der Waals surface area contributed by atoms with Gasteiger partial charge in [0.15, 0.2) is 6.61 Å². The van der Waals surface area contributed by atoms with Gasteiger partial charge < -0.3 is 9.47 Å². The van der Waals surface area contributed by atoms with Gasteiger partial charge in [-0.25, -0.2) is 9.78 Å². The van der Waals surface area contributed by atoms with Crippen LogP contribution < -0.4 is 10.1 Å². The van der Waals surface area contributed by atoms with Gasteiger partial charge in [0.25, 0.3) is 11.8 Å². The van der Waals surface area contributed by atoms with E-state index in [9.17, 15) is 23.2 Å². The van der Waals surface area contributed by atoms with Gasteiger partial charge in [-0.05, 0) is 42.6 Å². The first-order chi connectivity index (χ1) is 14.3. The Kier molecular flexibility index (Phi) is 6.85. The molecule has 0 aliphatic heterocycles. The van der Waals surface area contributed by atoms with Crippen LogP contribution in [0.3, 0.4) is 0 Å². The molecule has 30 heavy (non-hydrogen) atoms. The average Bonchev–Trinajstić information content (AvgIpc) is 3.36. The molecule has 1 aromatic carbocycles. The van der Waals surface area contributed by atoms with Crippen LogP contribution in [0.25, 0.3) is 10.6 Å². The number of carbonyl (C=O) groups is 3. The van der Waals surface area contributed by atoms with Gasteiger partial charge in [-0.15, -0.1) is 11.3 Å². The molecule has 0 radical (unpaired) electrons. The fourth-order valence-corrected chi connectivity index (χ4v) is 3.99. The molecule has 0 atom stereocenters. The molecule has 3 rings (SSSR count).